The molecule has 0 saturated carbocycles. The Kier molecular flexibility index (Phi) is 6.69. The van der Waals surface area contributed by atoms with Crippen molar-refractivity contribution in [2.24, 2.45) is 5.92 Å². The van der Waals surface area contributed by atoms with Gasteiger partial charge in [-0.2, -0.15) is 0 Å². The molecule has 1 saturated heterocycles. The summed E-state index contributed by atoms with van der Waals surface area (Å²) in [5.41, 5.74) is 0.736. The molecular weight excluding hydrogens is 342 g/mol. The Bertz CT molecular complexity index is 752. The van der Waals surface area contributed by atoms with Gasteiger partial charge in [0.15, 0.2) is 5.78 Å². The lowest BCUT2D eigenvalue weighted by molar-refractivity contribution is 0.0799. The van der Waals surface area contributed by atoms with E-state index in [-0.39, 0.29) is 17.8 Å². The van der Waals surface area contributed by atoms with Crippen molar-refractivity contribution in [1.82, 2.24) is 4.90 Å². The number of rotatable bonds is 8. The zero-order chi connectivity index (χ0) is 19.2. The minimum absolute atomic E-state index is 0.0152. The summed E-state index contributed by atoms with van der Waals surface area (Å²) in [7, 11) is 1.66. The zero-order valence-corrected chi connectivity index (χ0v) is 16.4. The first-order valence-electron chi connectivity index (χ1n) is 9.65. The van der Waals surface area contributed by atoms with Crippen LogP contribution in [0.15, 0.2) is 40.8 Å². The molecule has 1 fully saturated rings. The fourth-order valence-corrected chi connectivity index (χ4v) is 3.59. The molecule has 0 aliphatic carbocycles. The summed E-state index contributed by atoms with van der Waals surface area (Å²) in [6, 6.07) is 11.5. The SMILES string of the molecule is COCc1ccc(CN2CCC[C@H](C(=O)c3cccc(OC(C)C)c3)C2)o1. The van der Waals surface area contributed by atoms with Crippen LogP contribution in [-0.4, -0.2) is 37.0 Å². The quantitative estimate of drug-likeness (QED) is 0.647. The van der Waals surface area contributed by atoms with E-state index < -0.39 is 0 Å². The van der Waals surface area contributed by atoms with Crippen LogP contribution >= 0.6 is 0 Å². The molecule has 3 rings (SSSR count). The van der Waals surface area contributed by atoms with E-state index in [2.05, 4.69) is 4.90 Å². The van der Waals surface area contributed by atoms with Crippen molar-refractivity contribution < 1.29 is 18.7 Å². The molecule has 1 aliphatic heterocycles. The van der Waals surface area contributed by atoms with Crippen LogP contribution in [0, 0.1) is 5.92 Å². The number of benzene rings is 1. The van der Waals surface area contributed by atoms with Crippen LogP contribution in [0.3, 0.4) is 0 Å². The zero-order valence-electron chi connectivity index (χ0n) is 16.4. The van der Waals surface area contributed by atoms with E-state index in [4.69, 9.17) is 13.9 Å². The largest absolute Gasteiger partial charge is 0.491 e. The molecular formula is C22H29NO4. The van der Waals surface area contributed by atoms with E-state index in [0.717, 1.165) is 55.3 Å². The summed E-state index contributed by atoms with van der Waals surface area (Å²) in [6.45, 7) is 6.93. The molecule has 5 heteroatoms. The second-order valence-corrected chi connectivity index (χ2v) is 7.43. The third-order valence-corrected chi connectivity index (χ3v) is 4.75. The minimum Gasteiger partial charge on any atom is -0.491 e. The Labute approximate surface area is 161 Å². The maximum Gasteiger partial charge on any atom is 0.167 e. The van der Waals surface area contributed by atoms with Gasteiger partial charge in [-0.3, -0.25) is 9.69 Å². The highest BCUT2D eigenvalue weighted by Gasteiger charge is 2.27. The lowest BCUT2D eigenvalue weighted by atomic mass is 9.90. The van der Waals surface area contributed by atoms with Crippen LogP contribution in [0.5, 0.6) is 5.75 Å². The van der Waals surface area contributed by atoms with Gasteiger partial charge < -0.3 is 13.9 Å². The van der Waals surface area contributed by atoms with Crippen molar-refractivity contribution in [2.45, 2.75) is 45.9 Å². The Balaban J connectivity index is 1.62. The summed E-state index contributed by atoms with van der Waals surface area (Å²) < 4.78 is 16.6. The molecule has 1 aromatic carbocycles. The fourth-order valence-electron chi connectivity index (χ4n) is 3.59. The molecule has 1 atom stereocenters. The topological polar surface area (TPSA) is 51.9 Å². The summed E-state index contributed by atoms with van der Waals surface area (Å²) in [4.78, 5) is 15.3. The number of carbonyl (C=O) groups is 1. The van der Waals surface area contributed by atoms with Gasteiger partial charge in [0.1, 0.15) is 23.9 Å². The van der Waals surface area contributed by atoms with Gasteiger partial charge in [0.05, 0.1) is 12.6 Å². The van der Waals surface area contributed by atoms with Crippen molar-refractivity contribution in [2.75, 3.05) is 20.2 Å². The van der Waals surface area contributed by atoms with Gasteiger partial charge in [-0.05, 0) is 57.5 Å². The number of hydrogen-bond donors (Lipinski definition) is 0. The number of furan rings is 1. The highest BCUT2D eigenvalue weighted by Crippen LogP contribution is 2.25. The number of ether oxygens (including phenoxy) is 2. The van der Waals surface area contributed by atoms with E-state index in [9.17, 15) is 4.79 Å². The monoisotopic (exact) mass is 371 g/mol. The standard InChI is InChI=1S/C22H29NO4/c1-16(2)26-19-8-4-6-17(12-19)22(24)18-7-5-11-23(13-18)14-20-9-10-21(27-20)15-25-3/h4,6,8-10,12,16,18H,5,7,11,13-15H2,1-3H3/t18-/m0/s1. The first-order chi connectivity index (χ1) is 13.0. The molecule has 2 heterocycles. The lowest BCUT2D eigenvalue weighted by Crippen LogP contribution is -2.38. The summed E-state index contributed by atoms with van der Waals surface area (Å²) in [5, 5.41) is 0. The smallest absolute Gasteiger partial charge is 0.167 e. The third-order valence-electron chi connectivity index (χ3n) is 4.75. The second kappa shape index (κ2) is 9.20. The summed E-state index contributed by atoms with van der Waals surface area (Å²) >= 11 is 0. The average Bonchev–Trinajstić information content (AvgIpc) is 3.08. The lowest BCUT2D eigenvalue weighted by Gasteiger charge is -2.31. The van der Waals surface area contributed by atoms with Gasteiger partial charge in [-0.15, -0.1) is 0 Å². The fraction of sp³-hybridized carbons (Fsp3) is 0.500. The summed E-state index contributed by atoms with van der Waals surface area (Å²) in [6.07, 6.45) is 2.04. The van der Waals surface area contributed by atoms with Gasteiger partial charge in [0.25, 0.3) is 0 Å². The second-order valence-electron chi connectivity index (χ2n) is 7.43. The van der Waals surface area contributed by atoms with E-state index in [1.807, 2.05) is 50.2 Å². The number of methoxy groups -OCH3 is 1. The van der Waals surface area contributed by atoms with Crippen molar-refractivity contribution in [3.8, 4) is 5.75 Å². The van der Waals surface area contributed by atoms with E-state index in [1.54, 1.807) is 7.11 Å². The van der Waals surface area contributed by atoms with Gasteiger partial charge in [0, 0.05) is 25.1 Å². The minimum atomic E-state index is 0.0152. The van der Waals surface area contributed by atoms with E-state index in [0.29, 0.717) is 6.61 Å². The number of likely N-dealkylation sites (tertiary alicyclic amines) is 1. The van der Waals surface area contributed by atoms with Gasteiger partial charge in [0.2, 0.25) is 0 Å². The van der Waals surface area contributed by atoms with Crippen LogP contribution in [-0.2, 0) is 17.9 Å². The first kappa shape index (κ1) is 19.6. The van der Waals surface area contributed by atoms with Crippen molar-refractivity contribution in [3.63, 3.8) is 0 Å². The Morgan fingerprint density at radius 3 is 2.85 bits per heavy atom. The molecule has 1 aromatic heterocycles. The Hall–Kier alpha value is -2.11. The number of Topliss-reactive ketones (excluding diaryl/α,β-unsaturated/α-hetero) is 1. The molecule has 5 nitrogen and oxygen atoms in total. The molecule has 0 radical (unpaired) electrons. The highest BCUT2D eigenvalue weighted by atomic mass is 16.5. The maximum absolute atomic E-state index is 13.0. The molecule has 2 aromatic rings. The Morgan fingerprint density at radius 1 is 1.26 bits per heavy atom. The molecule has 0 amide bonds. The van der Waals surface area contributed by atoms with E-state index in [1.165, 1.54) is 0 Å². The van der Waals surface area contributed by atoms with Crippen LogP contribution in [0.4, 0.5) is 0 Å². The molecule has 0 N–H and O–H groups in total. The van der Waals surface area contributed by atoms with Crippen molar-refractivity contribution >= 4 is 5.78 Å². The van der Waals surface area contributed by atoms with E-state index >= 15 is 0 Å². The normalized spacial score (nSPS) is 18.0. The van der Waals surface area contributed by atoms with Crippen LogP contribution < -0.4 is 4.74 Å². The van der Waals surface area contributed by atoms with Crippen molar-refractivity contribution in [3.05, 3.63) is 53.5 Å². The molecule has 0 bridgehead atoms. The Morgan fingerprint density at radius 2 is 2.07 bits per heavy atom. The number of piperidine rings is 1. The highest BCUT2D eigenvalue weighted by molar-refractivity contribution is 5.98. The maximum atomic E-state index is 13.0. The predicted molar refractivity (Wildman–Crippen MR) is 104 cm³/mol. The summed E-state index contributed by atoms with van der Waals surface area (Å²) in [5.74, 6) is 2.72. The average molecular weight is 371 g/mol. The van der Waals surface area contributed by atoms with Crippen LogP contribution in [0.1, 0.15) is 48.6 Å². The molecule has 0 unspecified atom stereocenters. The van der Waals surface area contributed by atoms with Gasteiger partial charge in [-0.25, -0.2) is 0 Å². The molecule has 0 spiro atoms. The molecule has 27 heavy (non-hydrogen) atoms. The van der Waals surface area contributed by atoms with Crippen molar-refractivity contribution in [1.29, 1.82) is 0 Å². The number of hydrogen-bond acceptors (Lipinski definition) is 5. The number of carbonyl (C=O) groups excluding carboxylic acids is 1. The predicted octanol–water partition coefficient (Wildman–Crippen LogP) is 4.31. The van der Waals surface area contributed by atoms with Gasteiger partial charge in [-0.1, -0.05) is 12.1 Å². The molecule has 1 aliphatic rings. The molecule has 146 valence electrons. The van der Waals surface area contributed by atoms with Gasteiger partial charge >= 0.3 is 0 Å². The number of nitrogens with zero attached hydrogens (tertiary/aromatic N) is 1. The van der Waals surface area contributed by atoms with Crippen LogP contribution in [0.2, 0.25) is 0 Å². The third kappa shape index (κ3) is 5.44. The van der Waals surface area contributed by atoms with Crippen LogP contribution in [0.25, 0.3) is 0 Å². The first-order valence-corrected chi connectivity index (χ1v) is 9.65. The number of ketones is 1.